The minimum atomic E-state index is 0.119. The van der Waals surface area contributed by atoms with E-state index in [1.54, 1.807) is 0 Å². The van der Waals surface area contributed by atoms with Crippen molar-refractivity contribution in [3.8, 4) is 0 Å². The van der Waals surface area contributed by atoms with Crippen molar-refractivity contribution in [1.82, 2.24) is 15.5 Å². The molecule has 4 heteroatoms. The molecule has 0 aromatic rings. The Balaban J connectivity index is 3.69. The lowest BCUT2D eigenvalue weighted by atomic mass is 10.1. The van der Waals surface area contributed by atoms with E-state index in [0.29, 0.717) is 12.5 Å². The maximum Gasteiger partial charge on any atom is 0.234 e. The lowest BCUT2D eigenvalue weighted by Crippen LogP contribution is -2.42. The summed E-state index contributed by atoms with van der Waals surface area (Å²) in [7, 11) is 3.92. The van der Waals surface area contributed by atoms with E-state index in [9.17, 15) is 4.79 Å². The third-order valence-corrected chi connectivity index (χ3v) is 2.77. The van der Waals surface area contributed by atoms with E-state index >= 15 is 0 Å². The molecule has 1 amide bonds. The van der Waals surface area contributed by atoms with Gasteiger partial charge in [-0.1, -0.05) is 13.8 Å². The normalized spacial score (nSPS) is 13.2. The van der Waals surface area contributed by atoms with Crippen molar-refractivity contribution in [2.24, 2.45) is 5.92 Å². The van der Waals surface area contributed by atoms with Crippen LogP contribution < -0.4 is 10.6 Å². The molecule has 1 atom stereocenters. The third kappa shape index (κ3) is 7.65. The zero-order chi connectivity index (χ0) is 12.6. The zero-order valence-electron chi connectivity index (χ0n) is 11.3. The highest BCUT2D eigenvalue weighted by molar-refractivity contribution is 5.78. The summed E-state index contributed by atoms with van der Waals surface area (Å²) in [6.45, 7) is 8.70. The molecule has 96 valence electrons. The van der Waals surface area contributed by atoms with Crippen LogP contribution in [0.5, 0.6) is 0 Å². The second kappa shape index (κ2) is 8.53. The van der Waals surface area contributed by atoms with Gasteiger partial charge in [-0.15, -0.1) is 0 Å². The van der Waals surface area contributed by atoms with Crippen LogP contribution in [0, 0.1) is 5.92 Å². The topological polar surface area (TPSA) is 44.4 Å². The fourth-order valence-electron chi connectivity index (χ4n) is 1.32. The Morgan fingerprint density at radius 3 is 2.44 bits per heavy atom. The smallest absolute Gasteiger partial charge is 0.234 e. The quantitative estimate of drug-likeness (QED) is 0.602. The molecule has 0 spiro atoms. The lowest BCUT2D eigenvalue weighted by molar-refractivity contribution is -0.122. The first kappa shape index (κ1) is 15.4. The summed E-state index contributed by atoms with van der Waals surface area (Å²) in [6, 6.07) is 0.248. The first-order chi connectivity index (χ1) is 7.47. The van der Waals surface area contributed by atoms with Crippen LogP contribution >= 0.6 is 0 Å². The van der Waals surface area contributed by atoms with Crippen LogP contribution in [-0.2, 0) is 4.79 Å². The van der Waals surface area contributed by atoms with Crippen LogP contribution in [0.1, 0.15) is 27.2 Å². The summed E-state index contributed by atoms with van der Waals surface area (Å²) in [5.41, 5.74) is 0. The van der Waals surface area contributed by atoms with Crippen molar-refractivity contribution in [2.45, 2.75) is 33.2 Å². The van der Waals surface area contributed by atoms with Crippen molar-refractivity contribution in [1.29, 1.82) is 0 Å². The number of carbonyl (C=O) groups excluding carboxylic acids is 1. The molecule has 0 bridgehead atoms. The van der Waals surface area contributed by atoms with Crippen molar-refractivity contribution < 1.29 is 4.79 Å². The molecule has 4 nitrogen and oxygen atoms in total. The molecule has 0 aliphatic heterocycles. The van der Waals surface area contributed by atoms with E-state index < -0.39 is 0 Å². The van der Waals surface area contributed by atoms with Crippen LogP contribution in [0.3, 0.4) is 0 Å². The van der Waals surface area contributed by atoms with Crippen LogP contribution in [-0.4, -0.2) is 50.6 Å². The number of nitrogens with one attached hydrogen (secondary N) is 2. The van der Waals surface area contributed by atoms with E-state index in [-0.39, 0.29) is 11.9 Å². The molecule has 0 rings (SSSR count). The molecule has 0 aromatic carbocycles. The van der Waals surface area contributed by atoms with Crippen LogP contribution in [0.4, 0.5) is 0 Å². The van der Waals surface area contributed by atoms with E-state index in [0.717, 1.165) is 19.5 Å². The molecule has 0 aliphatic rings. The molecule has 0 heterocycles. The zero-order valence-corrected chi connectivity index (χ0v) is 11.3. The van der Waals surface area contributed by atoms with E-state index in [4.69, 9.17) is 0 Å². The SMILES string of the molecule is CNCCCN(C)CC(=O)NC(C)C(C)C. The fourth-order valence-corrected chi connectivity index (χ4v) is 1.32. The maximum absolute atomic E-state index is 11.6. The summed E-state index contributed by atoms with van der Waals surface area (Å²) in [5.74, 6) is 0.603. The second-order valence-electron chi connectivity index (χ2n) is 4.80. The van der Waals surface area contributed by atoms with Gasteiger partial charge >= 0.3 is 0 Å². The van der Waals surface area contributed by atoms with Crippen LogP contribution in [0.2, 0.25) is 0 Å². The van der Waals surface area contributed by atoms with Gasteiger partial charge in [0, 0.05) is 6.04 Å². The maximum atomic E-state index is 11.6. The van der Waals surface area contributed by atoms with Crippen LogP contribution in [0.15, 0.2) is 0 Å². The average molecular weight is 229 g/mol. The van der Waals surface area contributed by atoms with Gasteiger partial charge in [-0.25, -0.2) is 0 Å². The third-order valence-electron chi connectivity index (χ3n) is 2.77. The van der Waals surface area contributed by atoms with Gasteiger partial charge in [-0.2, -0.15) is 0 Å². The fraction of sp³-hybridized carbons (Fsp3) is 0.917. The molecule has 0 aromatic heterocycles. The van der Waals surface area contributed by atoms with Gasteiger partial charge in [0.05, 0.1) is 6.54 Å². The highest BCUT2D eigenvalue weighted by Gasteiger charge is 2.11. The van der Waals surface area contributed by atoms with E-state index in [1.165, 1.54) is 0 Å². The number of amides is 1. The summed E-state index contributed by atoms with van der Waals surface area (Å²) < 4.78 is 0. The average Bonchev–Trinajstić information content (AvgIpc) is 2.17. The molecule has 0 aliphatic carbocycles. The predicted molar refractivity (Wildman–Crippen MR) is 68.5 cm³/mol. The number of hydrogen-bond donors (Lipinski definition) is 2. The van der Waals surface area contributed by atoms with Gasteiger partial charge in [0.2, 0.25) is 5.91 Å². The molecule has 0 radical (unpaired) electrons. The predicted octanol–water partition coefficient (Wildman–Crippen LogP) is 0.688. The number of carbonyl (C=O) groups is 1. The van der Waals surface area contributed by atoms with E-state index in [1.807, 2.05) is 21.0 Å². The molecular formula is C12H27N3O. The van der Waals surface area contributed by atoms with Crippen molar-refractivity contribution in [3.63, 3.8) is 0 Å². The molecule has 2 N–H and O–H groups in total. The van der Waals surface area contributed by atoms with Crippen LogP contribution in [0.25, 0.3) is 0 Å². The Hall–Kier alpha value is -0.610. The largest absolute Gasteiger partial charge is 0.352 e. The molecule has 16 heavy (non-hydrogen) atoms. The van der Waals surface area contributed by atoms with Crippen molar-refractivity contribution in [2.75, 3.05) is 33.7 Å². The van der Waals surface area contributed by atoms with Crippen molar-refractivity contribution in [3.05, 3.63) is 0 Å². The Bertz CT molecular complexity index is 195. The van der Waals surface area contributed by atoms with E-state index in [2.05, 4.69) is 29.4 Å². The first-order valence-electron chi connectivity index (χ1n) is 6.09. The Kier molecular flexibility index (Phi) is 8.21. The Morgan fingerprint density at radius 2 is 1.94 bits per heavy atom. The van der Waals surface area contributed by atoms with Gasteiger partial charge in [0.15, 0.2) is 0 Å². The highest BCUT2D eigenvalue weighted by Crippen LogP contribution is 1.99. The second-order valence-corrected chi connectivity index (χ2v) is 4.80. The minimum absolute atomic E-state index is 0.119. The summed E-state index contributed by atoms with van der Waals surface area (Å²) in [6.07, 6.45) is 1.07. The molecule has 0 saturated heterocycles. The highest BCUT2D eigenvalue weighted by atomic mass is 16.2. The van der Waals surface area contributed by atoms with Gasteiger partial charge in [-0.3, -0.25) is 9.69 Å². The molecule has 0 saturated carbocycles. The molecule has 0 fully saturated rings. The van der Waals surface area contributed by atoms with Gasteiger partial charge < -0.3 is 10.6 Å². The summed E-state index contributed by atoms with van der Waals surface area (Å²) in [4.78, 5) is 13.7. The molecule has 1 unspecified atom stereocenters. The Labute approximate surface area is 99.8 Å². The summed E-state index contributed by atoms with van der Waals surface area (Å²) >= 11 is 0. The first-order valence-corrected chi connectivity index (χ1v) is 6.09. The number of nitrogens with zero attached hydrogens (tertiary/aromatic N) is 1. The standard InChI is InChI=1S/C12H27N3O/c1-10(2)11(3)14-12(16)9-15(5)8-6-7-13-4/h10-11,13H,6-9H2,1-5H3,(H,14,16). The lowest BCUT2D eigenvalue weighted by Gasteiger charge is -2.20. The summed E-state index contributed by atoms with van der Waals surface area (Å²) in [5, 5.41) is 6.10. The Morgan fingerprint density at radius 1 is 1.31 bits per heavy atom. The van der Waals surface area contributed by atoms with Gasteiger partial charge in [-0.05, 0) is 46.4 Å². The number of rotatable bonds is 8. The van der Waals surface area contributed by atoms with Gasteiger partial charge in [0.25, 0.3) is 0 Å². The number of likely N-dealkylation sites (N-methyl/N-ethyl adjacent to an activating group) is 1. The minimum Gasteiger partial charge on any atom is -0.352 e. The van der Waals surface area contributed by atoms with Gasteiger partial charge in [0.1, 0.15) is 0 Å². The number of hydrogen-bond acceptors (Lipinski definition) is 3. The monoisotopic (exact) mass is 229 g/mol. The molecular weight excluding hydrogens is 202 g/mol. The van der Waals surface area contributed by atoms with Crippen molar-refractivity contribution >= 4 is 5.91 Å².